The zero-order valence-electron chi connectivity index (χ0n) is 25.2. The van der Waals surface area contributed by atoms with E-state index < -0.39 is 0 Å². The van der Waals surface area contributed by atoms with Gasteiger partial charge >= 0.3 is 0 Å². The third-order valence-electron chi connectivity index (χ3n) is 9.82. The van der Waals surface area contributed by atoms with Crippen LogP contribution in [0.1, 0.15) is 0 Å². The Morgan fingerprint density at radius 3 is 1.85 bits per heavy atom. The number of benzene rings is 6. The molecule has 0 unspecified atom stereocenters. The first-order valence-electron chi connectivity index (χ1n) is 15.9. The quantitative estimate of drug-likeness (QED) is 0.186. The average Bonchev–Trinajstić information content (AvgIpc) is 3.79. The molecule has 0 fully saturated rings. The molecule has 5 heterocycles. The van der Waals surface area contributed by atoms with Gasteiger partial charge in [-0.1, -0.05) is 72.8 Å². The first-order chi connectivity index (χ1) is 23.3. The van der Waals surface area contributed by atoms with Gasteiger partial charge in [0, 0.05) is 55.3 Å². The highest BCUT2D eigenvalue weighted by atomic mass is 15.1. The molecular weight excluding hydrogens is 574 g/mol. The number of hydrogen-bond acceptors (Lipinski definition) is 2. The van der Waals surface area contributed by atoms with Crippen LogP contribution in [-0.2, 0) is 0 Å². The number of rotatable bonds is 2. The predicted octanol–water partition coefficient (Wildman–Crippen LogP) is 10.4. The molecule has 0 bridgehead atoms. The van der Waals surface area contributed by atoms with Crippen molar-refractivity contribution in [2.75, 3.05) is 0 Å². The van der Waals surface area contributed by atoms with E-state index in [-0.39, 0.29) is 0 Å². The summed E-state index contributed by atoms with van der Waals surface area (Å²) in [6, 6.07) is 52.1. The highest BCUT2D eigenvalue weighted by molar-refractivity contribution is 6.29. The van der Waals surface area contributed by atoms with Crippen LogP contribution in [-0.4, -0.2) is 23.5 Å². The van der Waals surface area contributed by atoms with Crippen LogP contribution in [0.15, 0.2) is 152 Å². The number of pyridine rings is 2. The van der Waals surface area contributed by atoms with Crippen LogP contribution in [0, 0.1) is 0 Å². The van der Waals surface area contributed by atoms with Crippen molar-refractivity contribution in [3.8, 4) is 11.4 Å². The number of aromatic nitrogens is 5. The van der Waals surface area contributed by atoms with E-state index in [9.17, 15) is 0 Å². The average molecular weight is 600 g/mol. The van der Waals surface area contributed by atoms with E-state index in [2.05, 4.69) is 147 Å². The summed E-state index contributed by atoms with van der Waals surface area (Å²) >= 11 is 0. The van der Waals surface area contributed by atoms with Crippen LogP contribution in [0.2, 0.25) is 0 Å². The molecule has 0 spiro atoms. The molecule has 5 aromatic heterocycles. The Morgan fingerprint density at radius 2 is 1.02 bits per heavy atom. The second-order valence-electron chi connectivity index (χ2n) is 12.3. The van der Waals surface area contributed by atoms with Gasteiger partial charge in [0.05, 0.1) is 33.1 Å². The lowest BCUT2D eigenvalue weighted by molar-refractivity contribution is 1.17. The van der Waals surface area contributed by atoms with Crippen molar-refractivity contribution in [1.29, 1.82) is 0 Å². The van der Waals surface area contributed by atoms with Gasteiger partial charge in [0.2, 0.25) is 0 Å². The van der Waals surface area contributed by atoms with Gasteiger partial charge in [-0.05, 0) is 72.8 Å². The maximum atomic E-state index is 5.18. The summed E-state index contributed by atoms with van der Waals surface area (Å²) < 4.78 is 7.07. The number of para-hydroxylation sites is 5. The first kappa shape index (κ1) is 24.8. The molecule has 5 heteroatoms. The summed E-state index contributed by atoms with van der Waals surface area (Å²) in [7, 11) is 0. The van der Waals surface area contributed by atoms with Gasteiger partial charge in [-0.25, -0.2) is 9.97 Å². The molecule has 0 radical (unpaired) electrons. The van der Waals surface area contributed by atoms with E-state index in [1.54, 1.807) is 0 Å². The largest absolute Gasteiger partial charge is 0.309 e. The summed E-state index contributed by atoms with van der Waals surface area (Å²) in [5.74, 6) is 0. The minimum Gasteiger partial charge on any atom is -0.309 e. The Morgan fingerprint density at radius 1 is 0.404 bits per heavy atom. The van der Waals surface area contributed by atoms with Gasteiger partial charge in [-0.2, -0.15) is 0 Å². The molecule has 11 aromatic rings. The Hall–Kier alpha value is -6.46. The van der Waals surface area contributed by atoms with Gasteiger partial charge < -0.3 is 9.13 Å². The van der Waals surface area contributed by atoms with E-state index in [4.69, 9.17) is 9.97 Å². The lowest BCUT2D eigenvalue weighted by Crippen LogP contribution is -1.98. The second kappa shape index (κ2) is 9.05. The fourth-order valence-electron chi connectivity index (χ4n) is 7.92. The van der Waals surface area contributed by atoms with Crippen molar-refractivity contribution < 1.29 is 0 Å². The molecule has 0 atom stereocenters. The van der Waals surface area contributed by atoms with Crippen molar-refractivity contribution in [2.45, 2.75) is 0 Å². The highest BCUT2D eigenvalue weighted by Crippen LogP contribution is 2.44. The molecular formula is C42H25N5. The topological polar surface area (TPSA) is 40.1 Å². The van der Waals surface area contributed by atoms with E-state index in [1.807, 2.05) is 18.3 Å². The number of imidazole rings is 1. The summed E-state index contributed by atoms with van der Waals surface area (Å²) in [5, 5.41) is 8.29. The smallest absolute Gasteiger partial charge is 0.147 e. The van der Waals surface area contributed by atoms with E-state index in [0.29, 0.717) is 0 Å². The lowest BCUT2D eigenvalue weighted by atomic mass is 10.0. The van der Waals surface area contributed by atoms with E-state index >= 15 is 0 Å². The fourth-order valence-corrected chi connectivity index (χ4v) is 7.92. The van der Waals surface area contributed by atoms with E-state index in [1.165, 1.54) is 38.1 Å². The first-order valence-corrected chi connectivity index (χ1v) is 15.9. The molecule has 5 nitrogen and oxygen atoms in total. The fraction of sp³-hybridized carbons (Fsp3) is 0. The zero-order chi connectivity index (χ0) is 30.6. The van der Waals surface area contributed by atoms with Crippen LogP contribution in [0.3, 0.4) is 0 Å². The molecule has 0 aliphatic heterocycles. The zero-order valence-corrected chi connectivity index (χ0v) is 25.2. The highest BCUT2D eigenvalue weighted by Gasteiger charge is 2.23. The van der Waals surface area contributed by atoms with E-state index in [0.717, 1.165) is 55.4 Å². The van der Waals surface area contributed by atoms with Crippen molar-refractivity contribution in [2.24, 2.45) is 0 Å². The summed E-state index contributed by atoms with van der Waals surface area (Å²) in [5.41, 5.74) is 10.8. The number of fused-ring (bicyclic) bond motifs is 15. The monoisotopic (exact) mass is 599 g/mol. The molecule has 218 valence electrons. The van der Waals surface area contributed by atoms with Crippen molar-refractivity contribution >= 4 is 82.1 Å². The van der Waals surface area contributed by atoms with Gasteiger partial charge in [0.25, 0.3) is 0 Å². The minimum atomic E-state index is 0.910. The molecule has 47 heavy (non-hydrogen) atoms. The Labute approximate surface area is 268 Å². The predicted molar refractivity (Wildman–Crippen MR) is 194 cm³/mol. The Kier molecular flexibility index (Phi) is 4.78. The third-order valence-corrected chi connectivity index (χ3v) is 9.82. The number of hydrogen-bond donors (Lipinski definition) is 0. The van der Waals surface area contributed by atoms with Crippen LogP contribution in [0.4, 0.5) is 0 Å². The van der Waals surface area contributed by atoms with Gasteiger partial charge in [-0.3, -0.25) is 4.40 Å². The third kappa shape index (κ3) is 3.22. The van der Waals surface area contributed by atoms with Crippen LogP contribution in [0.25, 0.3) is 93.5 Å². The van der Waals surface area contributed by atoms with Crippen LogP contribution < -0.4 is 0 Å². The SMILES string of the molecule is c1ccc(-n2c3ccccc3c3cc4c5ccc6c(c7cccnc7n7c8ccccc8nc67)c5n(-c5ccccc5)c4cc32)cc1. The Balaban J connectivity index is 1.41. The van der Waals surface area contributed by atoms with Gasteiger partial charge in [0.1, 0.15) is 11.3 Å². The Bertz CT molecular complexity index is 3060. The maximum Gasteiger partial charge on any atom is 0.147 e. The molecule has 0 aliphatic rings. The molecule has 0 saturated carbocycles. The van der Waals surface area contributed by atoms with Gasteiger partial charge in [0.15, 0.2) is 0 Å². The minimum absolute atomic E-state index is 0.910. The summed E-state index contributed by atoms with van der Waals surface area (Å²) in [6.07, 6.45) is 1.88. The molecule has 0 amide bonds. The normalized spacial score (nSPS) is 12.3. The van der Waals surface area contributed by atoms with Crippen molar-refractivity contribution in [3.05, 3.63) is 152 Å². The summed E-state index contributed by atoms with van der Waals surface area (Å²) in [4.78, 5) is 10.2. The maximum absolute atomic E-state index is 5.18. The second-order valence-corrected chi connectivity index (χ2v) is 12.3. The standard InChI is InChI=1S/C42H25N5/c1-3-12-26(13-4-1)45-35-19-9-7-16-28(35)32-24-33-29-21-22-31-39(40(29)46(38(33)25-37(32)45)27-14-5-2-6-15-27)30-17-11-23-43-41(30)47-36-20-10-8-18-34(36)44-42(31)47/h1-25H. The molecule has 11 rings (SSSR count). The molecule has 0 N–H and O–H groups in total. The molecule has 0 aliphatic carbocycles. The van der Waals surface area contributed by atoms with Crippen molar-refractivity contribution in [1.82, 2.24) is 23.5 Å². The van der Waals surface area contributed by atoms with Crippen molar-refractivity contribution in [3.63, 3.8) is 0 Å². The van der Waals surface area contributed by atoms with Crippen LogP contribution in [0.5, 0.6) is 0 Å². The van der Waals surface area contributed by atoms with Crippen LogP contribution >= 0.6 is 0 Å². The number of nitrogens with zero attached hydrogens (tertiary/aromatic N) is 5. The molecule has 0 saturated heterocycles. The van der Waals surface area contributed by atoms with Gasteiger partial charge in [-0.15, -0.1) is 0 Å². The lowest BCUT2D eigenvalue weighted by Gasteiger charge is -2.13. The molecule has 6 aromatic carbocycles. The summed E-state index contributed by atoms with van der Waals surface area (Å²) in [6.45, 7) is 0.